The maximum Gasteiger partial charge on any atom is 0.244 e. The van der Waals surface area contributed by atoms with Crippen LogP contribution in [0.15, 0.2) is 72.8 Å². The zero-order valence-electron chi connectivity index (χ0n) is 19.5. The summed E-state index contributed by atoms with van der Waals surface area (Å²) in [5.74, 6) is 1.77. The van der Waals surface area contributed by atoms with Gasteiger partial charge in [-0.25, -0.2) is 0 Å². The fourth-order valence-corrected chi connectivity index (χ4v) is 5.09. The molecule has 3 aromatic rings. The molecule has 6 rings (SSSR count). The van der Waals surface area contributed by atoms with Gasteiger partial charge in [-0.05, 0) is 24.1 Å². The van der Waals surface area contributed by atoms with Crippen molar-refractivity contribution in [1.82, 2.24) is 19.6 Å². The molecular formula is C27H28N4O4. The highest BCUT2D eigenvalue weighted by atomic mass is 16.7. The number of carbonyl (C=O) groups is 1. The van der Waals surface area contributed by atoms with E-state index in [1.165, 1.54) is 5.56 Å². The number of hydrogen-bond donors (Lipinski definition) is 0. The van der Waals surface area contributed by atoms with Crippen LogP contribution in [0, 0.1) is 0 Å². The number of fused-ring (bicyclic) bond motifs is 3. The molecule has 1 amide bonds. The van der Waals surface area contributed by atoms with Crippen LogP contribution >= 0.6 is 0 Å². The molecule has 0 spiro atoms. The molecule has 3 aliphatic heterocycles. The van der Waals surface area contributed by atoms with Crippen LogP contribution in [0.4, 0.5) is 0 Å². The predicted molar refractivity (Wildman–Crippen MR) is 129 cm³/mol. The Labute approximate surface area is 204 Å². The van der Waals surface area contributed by atoms with Crippen molar-refractivity contribution >= 4 is 5.91 Å². The summed E-state index contributed by atoms with van der Waals surface area (Å²) in [7, 11) is 0. The third kappa shape index (κ3) is 4.37. The zero-order chi connectivity index (χ0) is 23.6. The van der Waals surface area contributed by atoms with Crippen molar-refractivity contribution in [3.05, 3.63) is 83.9 Å². The number of amides is 1. The van der Waals surface area contributed by atoms with Gasteiger partial charge in [0.15, 0.2) is 5.76 Å². The average Bonchev–Trinajstić information content (AvgIpc) is 3.59. The molecule has 1 aromatic heterocycles. The molecule has 0 aliphatic carbocycles. The summed E-state index contributed by atoms with van der Waals surface area (Å²) in [5, 5.41) is 4.51. The van der Waals surface area contributed by atoms with E-state index in [1.807, 2.05) is 46.1 Å². The first-order valence-electron chi connectivity index (χ1n) is 12.0. The molecule has 1 unspecified atom stereocenters. The van der Waals surface area contributed by atoms with Crippen LogP contribution in [0.25, 0.3) is 11.3 Å². The van der Waals surface area contributed by atoms with Crippen LogP contribution < -0.4 is 4.74 Å². The Morgan fingerprint density at radius 3 is 2.57 bits per heavy atom. The van der Waals surface area contributed by atoms with Gasteiger partial charge in [-0.2, -0.15) is 5.10 Å². The van der Waals surface area contributed by atoms with Gasteiger partial charge in [-0.15, -0.1) is 0 Å². The fraction of sp³-hybridized carbons (Fsp3) is 0.333. The second-order valence-corrected chi connectivity index (χ2v) is 9.03. The minimum absolute atomic E-state index is 0.0822. The van der Waals surface area contributed by atoms with Crippen LogP contribution in [0.1, 0.15) is 11.1 Å². The standard InChI is InChI=1S/C27H28N4O4/c32-26(16-31-27-21(15-28-31)17-34-24-9-5-4-8-22(24)27)30-12-10-29(11-13-30)23(25-18-33-19-35-25)14-20-6-2-1-3-7-20/h1-9,15,18,23H,10-14,16-17,19H2. The third-order valence-electron chi connectivity index (χ3n) is 6.93. The van der Waals surface area contributed by atoms with Crippen LogP contribution in [0.2, 0.25) is 0 Å². The number of piperazine rings is 1. The Hall–Kier alpha value is -3.78. The van der Waals surface area contributed by atoms with Crippen LogP contribution in [0.3, 0.4) is 0 Å². The molecule has 4 heterocycles. The van der Waals surface area contributed by atoms with Gasteiger partial charge in [0.25, 0.3) is 0 Å². The number of benzene rings is 2. The molecule has 1 atom stereocenters. The van der Waals surface area contributed by atoms with Crippen molar-refractivity contribution in [2.75, 3.05) is 33.0 Å². The molecule has 0 N–H and O–H groups in total. The summed E-state index contributed by atoms with van der Waals surface area (Å²) in [5.41, 5.74) is 4.23. The summed E-state index contributed by atoms with van der Waals surface area (Å²) in [6.45, 7) is 3.85. The van der Waals surface area contributed by atoms with Gasteiger partial charge in [0.1, 0.15) is 25.2 Å². The molecule has 0 bridgehead atoms. The lowest BCUT2D eigenvalue weighted by Gasteiger charge is -2.39. The predicted octanol–water partition coefficient (Wildman–Crippen LogP) is 3.04. The Morgan fingerprint density at radius 1 is 0.971 bits per heavy atom. The summed E-state index contributed by atoms with van der Waals surface area (Å²) in [6, 6.07) is 18.4. The van der Waals surface area contributed by atoms with Crippen molar-refractivity contribution in [3.63, 3.8) is 0 Å². The van der Waals surface area contributed by atoms with Gasteiger partial charge in [-0.1, -0.05) is 42.5 Å². The van der Waals surface area contributed by atoms with E-state index in [0.717, 1.165) is 47.8 Å². The lowest BCUT2D eigenvalue weighted by Crippen LogP contribution is -2.53. The Morgan fingerprint density at radius 2 is 1.77 bits per heavy atom. The van der Waals surface area contributed by atoms with Crippen molar-refractivity contribution in [3.8, 4) is 17.0 Å². The summed E-state index contributed by atoms with van der Waals surface area (Å²) in [6.07, 6.45) is 4.38. The average molecular weight is 473 g/mol. The minimum Gasteiger partial charge on any atom is -0.488 e. The molecule has 35 heavy (non-hydrogen) atoms. The molecule has 1 fully saturated rings. The number of carbonyl (C=O) groups excluding carboxylic acids is 1. The largest absolute Gasteiger partial charge is 0.488 e. The van der Waals surface area contributed by atoms with Gasteiger partial charge in [0, 0.05) is 37.3 Å². The van der Waals surface area contributed by atoms with E-state index in [4.69, 9.17) is 14.2 Å². The first kappa shape index (κ1) is 21.7. The van der Waals surface area contributed by atoms with Crippen LogP contribution in [-0.2, 0) is 33.8 Å². The van der Waals surface area contributed by atoms with Gasteiger partial charge >= 0.3 is 0 Å². The van der Waals surface area contributed by atoms with Gasteiger partial charge in [0.05, 0.1) is 17.9 Å². The second-order valence-electron chi connectivity index (χ2n) is 9.03. The maximum absolute atomic E-state index is 13.2. The summed E-state index contributed by atoms with van der Waals surface area (Å²) >= 11 is 0. The first-order valence-corrected chi connectivity index (χ1v) is 12.0. The molecule has 0 radical (unpaired) electrons. The molecule has 8 nitrogen and oxygen atoms in total. The topological polar surface area (TPSA) is 69.1 Å². The number of hydrogen-bond acceptors (Lipinski definition) is 6. The summed E-state index contributed by atoms with van der Waals surface area (Å²) < 4.78 is 18.8. The Bertz CT molecular complexity index is 1230. The fourth-order valence-electron chi connectivity index (χ4n) is 5.09. The lowest BCUT2D eigenvalue weighted by molar-refractivity contribution is -0.134. The number of aromatic nitrogens is 2. The normalized spacial score (nSPS) is 17.9. The van der Waals surface area contributed by atoms with Gasteiger partial charge in [0.2, 0.25) is 12.7 Å². The van der Waals surface area contributed by atoms with Crippen molar-refractivity contribution in [2.45, 2.75) is 25.6 Å². The molecular weight excluding hydrogens is 444 g/mol. The van der Waals surface area contributed by atoms with Crippen LogP contribution in [-0.4, -0.2) is 64.5 Å². The highest BCUT2D eigenvalue weighted by molar-refractivity contribution is 5.78. The smallest absolute Gasteiger partial charge is 0.244 e. The number of rotatable bonds is 6. The van der Waals surface area contributed by atoms with E-state index >= 15 is 0 Å². The van der Waals surface area contributed by atoms with E-state index < -0.39 is 0 Å². The Balaban J connectivity index is 1.12. The van der Waals surface area contributed by atoms with E-state index in [-0.39, 0.29) is 25.3 Å². The van der Waals surface area contributed by atoms with E-state index in [2.05, 4.69) is 34.3 Å². The third-order valence-corrected chi connectivity index (χ3v) is 6.93. The van der Waals surface area contributed by atoms with E-state index in [1.54, 1.807) is 6.26 Å². The monoisotopic (exact) mass is 472 g/mol. The van der Waals surface area contributed by atoms with Crippen LogP contribution in [0.5, 0.6) is 5.75 Å². The molecule has 2 aromatic carbocycles. The molecule has 0 saturated carbocycles. The SMILES string of the molecule is O=C(Cn1ncc2c1-c1ccccc1OC2)N1CCN(C(Cc2ccccc2)C2=COCO2)CC1. The second kappa shape index (κ2) is 9.46. The zero-order valence-corrected chi connectivity index (χ0v) is 19.5. The van der Waals surface area contributed by atoms with Gasteiger partial charge < -0.3 is 19.1 Å². The van der Waals surface area contributed by atoms with E-state index in [9.17, 15) is 4.79 Å². The van der Waals surface area contributed by atoms with Crippen molar-refractivity contribution < 1.29 is 19.0 Å². The van der Waals surface area contributed by atoms with Crippen molar-refractivity contribution in [1.29, 1.82) is 0 Å². The molecule has 180 valence electrons. The number of para-hydroxylation sites is 1. The lowest BCUT2D eigenvalue weighted by atomic mass is 10.0. The number of nitrogens with zero attached hydrogens (tertiary/aromatic N) is 4. The quantitative estimate of drug-likeness (QED) is 0.549. The summed E-state index contributed by atoms with van der Waals surface area (Å²) in [4.78, 5) is 17.6. The minimum atomic E-state index is 0.0822. The molecule has 3 aliphatic rings. The highest BCUT2D eigenvalue weighted by Gasteiger charge is 2.32. The number of ether oxygens (including phenoxy) is 3. The maximum atomic E-state index is 13.2. The van der Waals surface area contributed by atoms with E-state index in [0.29, 0.717) is 19.7 Å². The van der Waals surface area contributed by atoms with Crippen molar-refractivity contribution in [2.24, 2.45) is 0 Å². The van der Waals surface area contributed by atoms with Gasteiger partial charge in [-0.3, -0.25) is 14.4 Å². The molecule has 8 heteroatoms. The Kier molecular flexibility index (Phi) is 5.88. The highest BCUT2D eigenvalue weighted by Crippen LogP contribution is 2.37. The first-order chi connectivity index (χ1) is 17.3. The molecule has 1 saturated heterocycles.